The molecule has 0 saturated heterocycles. The average Bonchev–Trinajstić information content (AvgIpc) is 2.80. The van der Waals surface area contributed by atoms with Gasteiger partial charge in [0.05, 0.1) is 5.75 Å². The molecule has 4 rings (SSSR count). The first kappa shape index (κ1) is 21.5. The number of phenols is 2. The number of benzene rings is 3. The number of hydrogen-bond donors (Lipinski definition) is 2. The lowest BCUT2D eigenvalue weighted by atomic mass is 10.0. The van der Waals surface area contributed by atoms with Crippen LogP contribution >= 0.6 is 11.8 Å². The number of aryl methyl sites for hydroxylation is 2. The lowest BCUT2D eigenvalue weighted by molar-refractivity contribution is 0.102. The number of hydrogen-bond acceptors (Lipinski definition) is 7. The van der Waals surface area contributed by atoms with Gasteiger partial charge in [0, 0.05) is 16.7 Å². The van der Waals surface area contributed by atoms with Crippen molar-refractivity contribution in [3.05, 3.63) is 83.4 Å². The standard InChI is InChI=1S/C25H21N3O3S/c1-15-3-4-19(13-16(15)2)22(31)14-32-25-26-23(17-5-9-20(29)10-6-17)24(27-28-25)18-7-11-21(30)12-8-18/h3-13,29-30H,14H2,1-2H3. The summed E-state index contributed by atoms with van der Waals surface area (Å²) in [6, 6.07) is 18.9. The maximum absolute atomic E-state index is 12.6. The van der Waals surface area contributed by atoms with Crippen molar-refractivity contribution in [2.24, 2.45) is 0 Å². The van der Waals surface area contributed by atoms with Gasteiger partial charge in [0.15, 0.2) is 5.78 Å². The molecule has 32 heavy (non-hydrogen) atoms. The van der Waals surface area contributed by atoms with Gasteiger partial charge in [0.2, 0.25) is 5.16 Å². The first-order chi connectivity index (χ1) is 15.4. The Morgan fingerprint density at radius 2 is 1.38 bits per heavy atom. The van der Waals surface area contributed by atoms with Gasteiger partial charge in [0.1, 0.15) is 22.9 Å². The fraction of sp³-hybridized carbons (Fsp3) is 0.120. The third kappa shape index (κ3) is 4.78. The van der Waals surface area contributed by atoms with Crippen molar-refractivity contribution in [1.82, 2.24) is 15.2 Å². The number of aromatic hydroxyl groups is 2. The molecule has 0 aliphatic heterocycles. The number of ketones is 1. The number of Topliss-reactive ketones (excluding diaryl/α,β-unsaturated/α-hetero) is 1. The van der Waals surface area contributed by atoms with Crippen LogP contribution in [0.3, 0.4) is 0 Å². The molecule has 3 aromatic carbocycles. The van der Waals surface area contributed by atoms with Crippen molar-refractivity contribution in [2.45, 2.75) is 19.0 Å². The van der Waals surface area contributed by atoms with Crippen molar-refractivity contribution < 1.29 is 15.0 Å². The molecule has 0 radical (unpaired) electrons. The van der Waals surface area contributed by atoms with E-state index < -0.39 is 0 Å². The van der Waals surface area contributed by atoms with Gasteiger partial charge in [-0.1, -0.05) is 23.9 Å². The average molecular weight is 444 g/mol. The highest BCUT2D eigenvalue weighted by atomic mass is 32.2. The first-order valence-electron chi connectivity index (χ1n) is 9.97. The minimum absolute atomic E-state index is 0.00417. The van der Waals surface area contributed by atoms with Crippen LogP contribution in [0.5, 0.6) is 11.5 Å². The Hall–Kier alpha value is -3.71. The van der Waals surface area contributed by atoms with Gasteiger partial charge in [-0.2, -0.15) is 0 Å². The van der Waals surface area contributed by atoms with Crippen LogP contribution in [-0.2, 0) is 0 Å². The van der Waals surface area contributed by atoms with Crippen LogP contribution in [0.25, 0.3) is 22.5 Å². The van der Waals surface area contributed by atoms with E-state index >= 15 is 0 Å². The lowest BCUT2D eigenvalue weighted by Crippen LogP contribution is -2.05. The Morgan fingerprint density at radius 1 is 0.781 bits per heavy atom. The first-order valence-corrected chi connectivity index (χ1v) is 11.0. The molecule has 0 spiro atoms. The highest BCUT2D eigenvalue weighted by Gasteiger charge is 2.16. The third-order valence-electron chi connectivity index (χ3n) is 5.11. The molecule has 0 amide bonds. The van der Waals surface area contributed by atoms with Gasteiger partial charge in [0.25, 0.3) is 0 Å². The summed E-state index contributed by atoms with van der Waals surface area (Å²) >= 11 is 1.23. The van der Waals surface area contributed by atoms with E-state index in [1.807, 2.05) is 32.0 Å². The fourth-order valence-electron chi connectivity index (χ4n) is 3.13. The normalized spacial score (nSPS) is 10.8. The largest absolute Gasteiger partial charge is 0.508 e. The molecule has 1 heterocycles. The zero-order valence-corrected chi connectivity index (χ0v) is 18.4. The maximum Gasteiger partial charge on any atom is 0.210 e. The van der Waals surface area contributed by atoms with Gasteiger partial charge >= 0.3 is 0 Å². The molecule has 0 atom stereocenters. The monoisotopic (exact) mass is 443 g/mol. The number of thioether (sulfide) groups is 1. The van der Waals surface area contributed by atoms with Gasteiger partial charge in [-0.3, -0.25) is 4.79 Å². The zero-order valence-electron chi connectivity index (χ0n) is 17.6. The van der Waals surface area contributed by atoms with E-state index in [9.17, 15) is 15.0 Å². The summed E-state index contributed by atoms with van der Waals surface area (Å²) in [6.07, 6.45) is 0. The Bertz CT molecular complexity index is 1270. The van der Waals surface area contributed by atoms with Crippen LogP contribution < -0.4 is 0 Å². The third-order valence-corrected chi connectivity index (χ3v) is 5.95. The second kappa shape index (κ2) is 9.20. The van der Waals surface area contributed by atoms with Crippen LogP contribution in [0.2, 0.25) is 0 Å². The number of carbonyl (C=O) groups is 1. The molecule has 0 aliphatic carbocycles. The van der Waals surface area contributed by atoms with Crippen molar-refractivity contribution in [3.63, 3.8) is 0 Å². The van der Waals surface area contributed by atoms with E-state index in [4.69, 9.17) is 0 Å². The summed E-state index contributed by atoms with van der Waals surface area (Å²) in [5.74, 6) is 0.488. The number of rotatable bonds is 6. The second-order valence-electron chi connectivity index (χ2n) is 7.40. The summed E-state index contributed by atoms with van der Waals surface area (Å²) < 4.78 is 0. The maximum atomic E-state index is 12.6. The molecule has 0 bridgehead atoms. The number of phenolic OH excluding ortho intramolecular Hbond substituents is 2. The minimum atomic E-state index is -0.00417. The van der Waals surface area contributed by atoms with E-state index in [2.05, 4.69) is 15.2 Å². The zero-order chi connectivity index (χ0) is 22.7. The molecule has 0 unspecified atom stereocenters. The Labute approximate surface area is 190 Å². The van der Waals surface area contributed by atoms with Gasteiger partial charge in [-0.25, -0.2) is 4.98 Å². The summed E-state index contributed by atoms with van der Waals surface area (Å²) in [4.78, 5) is 17.3. The number of carbonyl (C=O) groups excluding carboxylic acids is 1. The lowest BCUT2D eigenvalue weighted by Gasteiger charge is -2.10. The van der Waals surface area contributed by atoms with E-state index in [1.54, 1.807) is 48.5 Å². The van der Waals surface area contributed by atoms with E-state index in [0.717, 1.165) is 22.3 Å². The molecule has 1 aromatic heterocycles. The Morgan fingerprint density at radius 3 is 1.97 bits per heavy atom. The molecule has 6 nitrogen and oxygen atoms in total. The van der Waals surface area contributed by atoms with Crippen LogP contribution in [0.1, 0.15) is 21.5 Å². The van der Waals surface area contributed by atoms with Crippen LogP contribution in [0.15, 0.2) is 71.9 Å². The van der Waals surface area contributed by atoms with E-state index in [-0.39, 0.29) is 23.0 Å². The predicted molar refractivity (Wildman–Crippen MR) is 125 cm³/mol. The molecule has 160 valence electrons. The molecule has 0 fully saturated rings. The summed E-state index contributed by atoms with van der Waals surface area (Å²) in [5.41, 5.74) is 5.49. The summed E-state index contributed by atoms with van der Waals surface area (Å²) in [5, 5.41) is 28.2. The van der Waals surface area contributed by atoms with Crippen LogP contribution in [0.4, 0.5) is 0 Å². The second-order valence-corrected chi connectivity index (χ2v) is 8.34. The van der Waals surface area contributed by atoms with Crippen molar-refractivity contribution in [3.8, 4) is 34.0 Å². The molecule has 0 aliphatic rings. The van der Waals surface area contributed by atoms with Crippen molar-refractivity contribution >= 4 is 17.5 Å². The van der Waals surface area contributed by atoms with Crippen LogP contribution in [-0.4, -0.2) is 36.9 Å². The van der Waals surface area contributed by atoms with Gasteiger partial charge in [-0.15, -0.1) is 10.2 Å². The molecule has 4 aromatic rings. The predicted octanol–water partition coefficient (Wildman–Crippen LogP) is 5.21. The fourth-order valence-corrected chi connectivity index (χ4v) is 3.82. The quantitative estimate of drug-likeness (QED) is 0.312. The minimum Gasteiger partial charge on any atom is -0.508 e. The topological polar surface area (TPSA) is 96.2 Å². The Balaban J connectivity index is 1.64. The van der Waals surface area contributed by atoms with Gasteiger partial charge < -0.3 is 10.2 Å². The Kier molecular flexibility index (Phi) is 6.18. The highest BCUT2D eigenvalue weighted by molar-refractivity contribution is 7.99. The molecule has 7 heteroatoms. The highest BCUT2D eigenvalue weighted by Crippen LogP contribution is 2.31. The van der Waals surface area contributed by atoms with Crippen molar-refractivity contribution in [1.29, 1.82) is 0 Å². The molecule has 2 N–H and O–H groups in total. The molecular formula is C25H21N3O3S. The molecular weight excluding hydrogens is 422 g/mol. The number of nitrogens with zero attached hydrogens (tertiary/aromatic N) is 3. The van der Waals surface area contributed by atoms with E-state index in [1.165, 1.54) is 11.8 Å². The van der Waals surface area contributed by atoms with Crippen molar-refractivity contribution in [2.75, 3.05) is 5.75 Å². The van der Waals surface area contributed by atoms with Gasteiger partial charge in [-0.05, 0) is 79.6 Å². The SMILES string of the molecule is Cc1ccc(C(=O)CSc2nnc(-c3ccc(O)cc3)c(-c3ccc(O)cc3)n2)cc1C. The summed E-state index contributed by atoms with van der Waals surface area (Å²) in [6.45, 7) is 4.00. The molecule has 0 saturated carbocycles. The van der Waals surface area contributed by atoms with E-state index in [0.29, 0.717) is 22.1 Å². The van der Waals surface area contributed by atoms with Crippen LogP contribution in [0, 0.1) is 13.8 Å². The summed E-state index contributed by atoms with van der Waals surface area (Å²) in [7, 11) is 0. The smallest absolute Gasteiger partial charge is 0.210 e. The number of aromatic nitrogens is 3.